The van der Waals surface area contributed by atoms with Crippen molar-refractivity contribution in [3.63, 3.8) is 0 Å². The van der Waals surface area contributed by atoms with E-state index in [2.05, 4.69) is 13.8 Å². The number of hydrogen-bond donors (Lipinski definition) is 0. The Morgan fingerprint density at radius 3 is 2.75 bits per heavy atom. The lowest BCUT2D eigenvalue weighted by molar-refractivity contribution is -0.128. The highest BCUT2D eigenvalue weighted by molar-refractivity contribution is 6.30. The Labute approximate surface area is 147 Å². The van der Waals surface area contributed by atoms with E-state index in [0.717, 1.165) is 42.3 Å². The second-order valence-corrected chi connectivity index (χ2v) is 7.24. The van der Waals surface area contributed by atoms with Crippen LogP contribution in [0.2, 0.25) is 5.02 Å². The number of carbonyl (C=O) groups is 1. The Morgan fingerprint density at radius 1 is 1.33 bits per heavy atom. The number of carbonyl (C=O) groups excluding carboxylic acids is 1. The summed E-state index contributed by atoms with van der Waals surface area (Å²) in [6.45, 7) is 7.61. The first kappa shape index (κ1) is 17.0. The Hall–Kier alpha value is -1.88. The van der Waals surface area contributed by atoms with E-state index in [4.69, 9.17) is 21.7 Å². The molecular formula is C18H23ClN4O. The van der Waals surface area contributed by atoms with Crippen LogP contribution in [0.1, 0.15) is 43.9 Å². The van der Waals surface area contributed by atoms with Crippen LogP contribution in [0.3, 0.4) is 0 Å². The van der Waals surface area contributed by atoms with Gasteiger partial charge in [-0.1, -0.05) is 25.4 Å². The molecule has 3 rings (SSSR count). The van der Waals surface area contributed by atoms with Gasteiger partial charge in [-0.25, -0.2) is 9.67 Å². The zero-order valence-electron chi connectivity index (χ0n) is 14.4. The number of rotatable bonds is 5. The van der Waals surface area contributed by atoms with Crippen molar-refractivity contribution < 1.29 is 4.79 Å². The van der Waals surface area contributed by atoms with Crippen molar-refractivity contribution >= 4 is 17.5 Å². The van der Waals surface area contributed by atoms with E-state index >= 15 is 0 Å². The topological polar surface area (TPSA) is 51.0 Å². The van der Waals surface area contributed by atoms with Crippen LogP contribution >= 0.6 is 11.6 Å². The smallest absolute Gasteiger partial charge is 0.223 e. The predicted octanol–water partition coefficient (Wildman–Crippen LogP) is 3.55. The van der Waals surface area contributed by atoms with Crippen LogP contribution in [-0.4, -0.2) is 32.1 Å². The third kappa shape index (κ3) is 3.61. The normalized spacial score (nSPS) is 14.9. The van der Waals surface area contributed by atoms with Crippen LogP contribution in [0, 0.1) is 12.8 Å². The van der Waals surface area contributed by atoms with Gasteiger partial charge in [0.05, 0.1) is 12.2 Å². The molecule has 2 heterocycles. The number of amides is 1. The molecule has 1 aromatic heterocycles. The third-order valence-electron chi connectivity index (χ3n) is 4.20. The van der Waals surface area contributed by atoms with E-state index in [0.29, 0.717) is 23.9 Å². The molecule has 0 bridgehead atoms. The van der Waals surface area contributed by atoms with Crippen molar-refractivity contribution in [2.75, 3.05) is 6.54 Å². The van der Waals surface area contributed by atoms with Gasteiger partial charge in [0.25, 0.3) is 0 Å². The molecule has 0 saturated carbocycles. The lowest BCUT2D eigenvalue weighted by atomic mass is 10.1. The van der Waals surface area contributed by atoms with Crippen molar-refractivity contribution in [2.24, 2.45) is 5.92 Å². The molecule has 5 nitrogen and oxygen atoms in total. The highest BCUT2D eigenvalue weighted by atomic mass is 35.5. The van der Waals surface area contributed by atoms with Crippen molar-refractivity contribution in [3.05, 3.63) is 40.4 Å². The van der Waals surface area contributed by atoms with E-state index in [9.17, 15) is 4.79 Å². The summed E-state index contributed by atoms with van der Waals surface area (Å²) in [5, 5.41) is 5.41. The number of nitrogens with zero attached hydrogens (tertiary/aromatic N) is 4. The quantitative estimate of drug-likeness (QED) is 0.831. The van der Waals surface area contributed by atoms with Gasteiger partial charge in [-0.3, -0.25) is 4.79 Å². The number of aromatic nitrogens is 3. The fourth-order valence-corrected chi connectivity index (χ4v) is 3.26. The van der Waals surface area contributed by atoms with Gasteiger partial charge in [-0.05, 0) is 43.0 Å². The van der Waals surface area contributed by atoms with E-state index < -0.39 is 0 Å². The van der Waals surface area contributed by atoms with Crippen LogP contribution in [0.5, 0.6) is 0 Å². The minimum atomic E-state index is 0.197. The van der Waals surface area contributed by atoms with Gasteiger partial charge in [0.1, 0.15) is 0 Å². The average Bonchev–Trinajstić information content (AvgIpc) is 3.06. The molecule has 1 saturated heterocycles. The zero-order valence-corrected chi connectivity index (χ0v) is 15.2. The number of likely N-dealkylation sites (tertiary alicyclic amines) is 1. The van der Waals surface area contributed by atoms with E-state index in [1.807, 2.05) is 34.7 Å². The molecular weight excluding hydrogens is 324 g/mol. The van der Waals surface area contributed by atoms with Crippen LogP contribution in [0.25, 0.3) is 5.69 Å². The largest absolute Gasteiger partial charge is 0.335 e. The van der Waals surface area contributed by atoms with Gasteiger partial charge in [0.2, 0.25) is 5.91 Å². The van der Waals surface area contributed by atoms with Crippen molar-refractivity contribution in [2.45, 2.75) is 46.6 Å². The van der Waals surface area contributed by atoms with Crippen LogP contribution < -0.4 is 0 Å². The second kappa shape index (κ2) is 6.93. The average molecular weight is 347 g/mol. The van der Waals surface area contributed by atoms with Gasteiger partial charge in [-0.2, -0.15) is 5.10 Å². The van der Waals surface area contributed by atoms with E-state index in [1.165, 1.54) is 0 Å². The predicted molar refractivity (Wildman–Crippen MR) is 94.3 cm³/mol. The van der Waals surface area contributed by atoms with Gasteiger partial charge in [0, 0.05) is 24.4 Å². The molecule has 6 heteroatoms. The molecule has 1 aromatic carbocycles. The lowest BCUT2D eigenvalue weighted by Gasteiger charge is -2.16. The Balaban J connectivity index is 1.98. The summed E-state index contributed by atoms with van der Waals surface area (Å²) >= 11 is 6.08. The standard InChI is InChI=1S/C18H23ClN4O/c1-12(2)9-16-20-17(11-22-8-4-5-18(22)24)23(21-16)15-7-6-14(19)10-13(15)3/h6-7,10,12H,4-5,8-9,11H2,1-3H3. The molecule has 1 aliphatic heterocycles. The summed E-state index contributed by atoms with van der Waals surface area (Å²) in [5.41, 5.74) is 2.00. The molecule has 0 aliphatic carbocycles. The number of aryl methyl sites for hydroxylation is 1. The number of benzene rings is 1. The Kier molecular flexibility index (Phi) is 4.90. The molecule has 128 valence electrons. The summed E-state index contributed by atoms with van der Waals surface area (Å²) in [5.74, 6) is 2.31. The minimum absolute atomic E-state index is 0.197. The molecule has 0 N–H and O–H groups in total. The van der Waals surface area contributed by atoms with E-state index in [-0.39, 0.29) is 5.91 Å². The second-order valence-electron chi connectivity index (χ2n) is 6.80. The zero-order chi connectivity index (χ0) is 17.3. The SMILES string of the molecule is Cc1cc(Cl)ccc1-n1nc(CC(C)C)nc1CN1CCCC1=O. The van der Waals surface area contributed by atoms with Gasteiger partial charge >= 0.3 is 0 Å². The molecule has 24 heavy (non-hydrogen) atoms. The first-order valence-electron chi connectivity index (χ1n) is 8.43. The number of hydrogen-bond acceptors (Lipinski definition) is 3. The molecule has 2 aromatic rings. The first-order valence-corrected chi connectivity index (χ1v) is 8.81. The maximum absolute atomic E-state index is 12.0. The maximum Gasteiger partial charge on any atom is 0.223 e. The third-order valence-corrected chi connectivity index (χ3v) is 4.43. The highest BCUT2D eigenvalue weighted by Gasteiger charge is 2.24. The monoisotopic (exact) mass is 346 g/mol. The molecule has 1 amide bonds. The minimum Gasteiger partial charge on any atom is -0.335 e. The summed E-state index contributed by atoms with van der Waals surface area (Å²) in [6, 6.07) is 5.74. The van der Waals surface area contributed by atoms with E-state index in [1.54, 1.807) is 0 Å². The van der Waals surface area contributed by atoms with Crippen molar-refractivity contribution in [1.29, 1.82) is 0 Å². The molecule has 1 fully saturated rings. The summed E-state index contributed by atoms with van der Waals surface area (Å²) < 4.78 is 1.87. The summed E-state index contributed by atoms with van der Waals surface area (Å²) in [7, 11) is 0. The molecule has 0 radical (unpaired) electrons. The number of halogens is 1. The molecule has 0 spiro atoms. The first-order chi connectivity index (χ1) is 11.4. The molecule has 0 atom stereocenters. The maximum atomic E-state index is 12.0. The van der Waals surface area contributed by atoms with Gasteiger partial charge in [-0.15, -0.1) is 0 Å². The fourth-order valence-electron chi connectivity index (χ4n) is 3.04. The Bertz CT molecular complexity index is 753. The van der Waals surface area contributed by atoms with Gasteiger partial charge in [0.15, 0.2) is 11.6 Å². The van der Waals surface area contributed by atoms with Crippen molar-refractivity contribution in [3.8, 4) is 5.69 Å². The van der Waals surface area contributed by atoms with Crippen molar-refractivity contribution in [1.82, 2.24) is 19.7 Å². The molecule has 0 unspecified atom stereocenters. The van der Waals surface area contributed by atoms with Crippen LogP contribution in [0.4, 0.5) is 0 Å². The highest BCUT2D eigenvalue weighted by Crippen LogP contribution is 2.22. The summed E-state index contributed by atoms with van der Waals surface area (Å²) in [6.07, 6.45) is 2.37. The van der Waals surface area contributed by atoms with Crippen LogP contribution in [0.15, 0.2) is 18.2 Å². The Morgan fingerprint density at radius 2 is 2.12 bits per heavy atom. The van der Waals surface area contributed by atoms with Gasteiger partial charge < -0.3 is 4.90 Å². The van der Waals surface area contributed by atoms with Crippen LogP contribution in [-0.2, 0) is 17.8 Å². The fraction of sp³-hybridized carbons (Fsp3) is 0.500. The summed E-state index contributed by atoms with van der Waals surface area (Å²) in [4.78, 5) is 18.6. The lowest BCUT2D eigenvalue weighted by Crippen LogP contribution is -2.25. The molecule has 1 aliphatic rings.